The molecule has 0 spiro atoms. The lowest BCUT2D eigenvalue weighted by molar-refractivity contribution is 0.0690. The third-order valence-corrected chi connectivity index (χ3v) is 2.44. The van der Waals surface area contributed by atoms with Gasteiger partial charge in [-0.25, -0.2) is 14.2 Å². The van der Waals surface area contributed by atoms with E-state index in [9.17, 15) is 9.18 Å². The molecule has 5 nitrogen and oxygen atoms in total. The minimum atomic E-state index is -1.11. The maximum Gasteiger partial charge on any atom is 0.354 e. The van der Waals surface area contributed by atoms with Crippen molar-refractivity contribution in [3.63, 3.8) is 0 Å². The van der Waals surface area contributed by atoms with Crippen molar-refractivity contribution in [2.45, 2.75) is 0 Å². The third kappa shape index (κ3) is 2.98. The van der Waals surface area contributed by atoms with E-state index >= 15 is 0 Å². The van der Waals surface area contributed by atoms with Crippen LogP contribution in [0, 0.1) is 5.82 Å². The molecule has 0 aliphatic rings. The maximum absolute atomic E-state index is 13.6. The van der Waals surface area contributed by atoms with Crippen LogP contribution in [-0.4, -0.2) is 23.2 Å². The van der Waals surface area contributed by atoms with Crippen LogP contribution in [0.15, 0.2) is 36.5 Å². The minimum Gasteiger partial charge on any atom is -0.497 e. The number of anilines is 2. The van der Waals surface area contributed by atoms with E-state index in [-0.39, 0.29) is 11.4 Å². The molecule has 0 aliphatic carbocycles. The lowest BCUT2D eigenvalue weighted by atomic mass is 10.2. The number of aromatic carboxylic acids is 1. The molecule has 0 saturated heterocycles. The zero-order valence-corrected chi connectivity index (χ0v) is 10.1. The first-order chi connectivity index (χ1) is 9.10. The zero-order chi connectivity index (χ0) is 13.8. The van der Waals surface area contributed by atoms with E-state index in [1.165, 1.54) is 43.6 Å². The number of hydrogen-bond acceptors (Lipinski definition) is 4. The third-order valence-electron chi connectivity index (χ3n) is 2.44. The standard InChI is InChI=1S/C13H11FN2O3/c1-19-9-3-4-10(14)12(6-9)16-8-2-5-11(13(17)18)15-7-8/h2-7,16H,1H3,(H,17,18). The average molecular weight is 262 g/mol. The number of rotatable bonds is 4. The van der Waals surface area contributed by atoms with Gasteiger partial charge in [-0.2, -0.15) is 0 Å². The van der Waals surface area contributed by atoms with E-state index in [2.05, 4.69) is 10.3 Å². The molecule has 2 rings (SSSR count). The van der Waals surface area contributed by atoms with Crippen LogP contribution in [0.2, 0.25) is 0 Å². The van der Waals surface area contributed by atoms with E-state index < -0.39 is 11.8 Å². The quantitative estimate of drug-likeness (QED) is 0.886. The molecular weight excluding hydrogens is 251 g/mol. The molecule has 0 atom stereocenters. The Labute approximate surface area is 108 Å². The number of hydrogen-bond donors (Lipinski definition) is 2. The highest BCUT2D eigenvalue weighted by Gasteiger charge is 2.07. The highest BCUT2D eigenvalue weighted by molar-refractivity contribution is 5.85. The van der Waals surface area contributed by atoms with Gasteiger partial charge in [0.15, 0.2) is 0 Å². The lowest BCUT2D eigenvalue weighted by Gasteiger charge is -2.09. The van der Waals surface area contributed by atoms with Crippen molar-refractivity contribution in [2.24, 2.45) is 0 Å². The monoisotopic (exact) mass is 262 g/mol. The molecule has 1 heterocycles. The van der Waals surface area contributed by atoms with Gasteiger partial charge in [0.1, 0.15) is 17.3 Å². The predicted molar refractivity (Wildman–Crippen MR) is 67.4 cm³/mol. The second kappa shape index (κ2) is 5.34. The summed E-state index contributed by atoms with van der Waals surface area (Å²) in [6.07, 6.45) is 1.32. The number of carboxylic acids is 1. The summed E-state index contributed by atoms with van der Waals surface area (Å²) >= 11 is 0. The first kappa shape index (κ1) is 12.8. The topological polar surface area (TPSA) is 71.5 Å². The highest BCUT2D eigenvalue weighted by atomic mass is 19.1. The van der Waals surface area contributed by atoms with Gasteiger partial charge in [0.05, 0.1) is 24.7 Å². The van der Waals surface area contributed by atoms with Crippen LogP contribution < -0.4 is 10.1 Å². The van der Waals surface area contributed by atoms with Crippen LogP contribution in [0.4, 0.5) is 15.8 Å². The van der Waals surface area contributed by atoms with Crippen molar-refractivity contribution in [1.29, 1.82) is 0 Å². The van der Waals surface area contributed by atoms with Crippen molar-refractivity contribution in [3.8, 4) is 5.75 Å². The number of nitrogens with zero attached hydrogens (tertiary/aromatic N) is 1. The van der Waals surface area contributed by atoms with Gasteiger partial charge < -0.3 is 15.2 Å². The number of benzene rings is 1. The number of nitrogens with one attached hydrogen (secondary N) is 1. The molecule has 2 aromatic rings. The normalized spacial score (nSPS) is 10.0. The Bertz CT molecular complexity index is 599. The number of carbonyl (C=O) groups is 1. The van der Waals surface area contributed by atoms with Crippen molar-refractivity contribution in [1.82, 2.24) is 4.98 Å². The van der Waals surface area contributed by atoms with Crippen molar-refractivity contribution in [3.05, 3.63) is 48.0 Å². The van der Waals surface area contributed by atoms with Crippen LogP contribution in [0.25, 0.3) is 0 Å². The first-order valence-corrected chi connectivity index (χ1v) is 5.40. The van der Waals surface area contributed by atoms with Crippen molar-refractivity contribution < 1.29 is 19.0 Å². The summed E-state index contributed by atoms with van der Waals surface area (Å²) in [6, 6.07) is 7.13. The molecule has 0 fully saturated rings. The summed E-state index contributed by atoms with van der Waals surface area (Å²) in [7, 11) is 1.49. The first-order valence-electron chi connectivity index (χ1n) is 5.40. The molecule has 2 N–H and O–H groups in total. The summed E-state index contributed by atoms with van der Waals surface area (Å²) in [5, 5.41) is 11.5. The number of aromatic nitrogens is 1. The summed E-state index contributed by atoms with van der Waals surface area (Å²) in [5.41, 5.74) is 0.637. The maximum atomic E-state index is 13.6. The fourth-order valence-corrected chi connectivity index (χ4v) is 1.48. The Morgan fingerprint density at radius 1 is 1.37 bits per heavy atom. The van der Waals surface area contributed by atoms with Crippen LogP contribution in [0.1, 0.15) is 10.5 Å². The van der Waals surface area contributed by atoms with Gasteiger partial charge in [0.25, 0.3) is 0 Å². The van der Waals surface area contributed by atoms with E-state index in [1.807, 2.05) is 0 Å². The van der Waals surface area contributed by atoms with E-state index in [0.717, 1.165) is 0 Å². The number of methoxy groups -OCH3 is 1. The number of ether oxygens (including phenoxy) is 1. The fraction of sp³-hybridized carbons (Fsp3) is 0.0769. The van der Waals surface area contributed by atoms with Crippen LogP contribution >= 0.6 is 0 Å². The van der Waals surface area contributed by atoms with E-state index in [4.69, 9.17) is 9.84 Å². The molecule has 1 aromatic carbocycles. The highest BCUT2D eigenvalue weighted by Crippen LogP contribution is 2.24. The largest absolute Gasteiger partial charge is 0.497 e. The molecular formula is C13H11FN2O3. The SMILES string of the molecule is COc1ccc(F)c(Nc2ccc(C(=O)O)nc2)c1. The predicted octanol–water partition coefficient (Wildman–Crippen LogP) is 2.67. The van der Waals surface area contributed by atoms with Gasteiger partial charge in [-0.1, -0.05) is 0 Å². The van der Waals surface area contributed by atoms with E-state index in [1.54, 1.807) is 0 Å². The zero-order valence-electron chi connectivity index (χ0n) is 10.1. The summed E-state index contributed by atoms with van der Waals surface area (Å²) in [6.45, 7) is 0. The van der Waals surface area contributed by atoms with E-state index in [0.29, 0.717) is 11.4 Å². The van der Waals surface area contributed by atoms with Crippen LogP contribution in [-0.2, 0) is 0 Å². The summed E-state index contributed by atoms with van der Waals surface area (Å²) < 4.78 is 18.6. The molecule has 0 aliphatic heterocycles. The molecule has 1 aromatic heterocycles. The van der Waals surface area contributed by atoms with Gasteiger partial charge in [-0.15, -0.1) is 0 Å². The Hall–Kier alpha value is -2.63. The van der Waals surface area contributed by atoms with Gasteiger partial charge in [-0.3, -0.25) is 0 Å². The smallest absolute Gasteiger partial charge is 0.354 e. The lowest BCUT2D eigenvalue weighted by Crippen LogP contribution is -2.01. The molecule has 0 amide bonds. The second-order valence-corrected chi connectivity index (χ2v) is 3.71. The molecule has 0 unspecified atom stereocenters. The van der Waals surface area contributed by atoms with Crippen LogP contribution in [0.3, 0.4) is 0 Å². The summed E-state index contributed by atoms with van der Waals surface area (Å²) in [5.74, 6) is -1.04. The fourth-order valence-electron chi connectivity index (χ4n) is 1.48. The Balaban J connectivity index is 2.23. The number of carboxylic acid groups (broad SMARTS) is 1. The van der Waals surface area contributed by atoms with Crippen LogP contribution in [0.5, 0.6) is 5.75 Å². The molecule has 0 radical (unpaired) electrons. The Kier molecular flexibility index (Phi) is 3.61. The van der Waals surface area contributed by atoms with Gasteiger partial charge in [0.2, 0.25) is 0 Å². The number of halogens is 1. The molecule has 0 saturated carbocycles. The van der Waals surface area contributed by atoms with Gasteiger partial charge in [0, 0.05) is 6.07 Å². The minimum absolute atomic E-state index is 0.0725. The molecule has 0 bridgehead atoms. The molecule has 6 heteroatoms. The second-order valence-electron chi connectivity index (χ2n) is 3.71. The number of pyridine rings is 1. The van der Waals surface area contributed by atoms with Gasteiger partial charge in [-0.05, 0) is 24.3 Å². The molecule has 98 valence electrons. The molecule has 19 heavy (non-hydrogen) atoms. The van der Waals surface area contributed by atoms with Crippen molar-refractivity contribution >= 4 is 17.3 Å². The van der Waals surface area contributed by atoms with Crippen molar-refractivity contribution in [2.75, 3.05) is 12.4 Å². The average Bonchev–Trinajstić information content (AvgIpc) is 2.42. The Morgan fingerprint density at radius 3 is 2.74 bits per heavy atom. The summed E-state index contributed by atoms with van der Waals surface area (Å²) in [4.78, 5) is 14.4. The van der Waals surface area contributed by atoms with Gasteiger partial charge >= 0.3 is 5.97 Å². The Morgan fingerprint density at radius 2 is 2.16 bits per heavy atom.